The van der Waals surface area contributed by atoms with Gasteiger partial charge in [-0.2, -0.15) is 53.2 Å². The number of benzene rings is 4. The van der Waals surface area contributed by atoms with E-state index >= 15 is 0 Å². The zero-order valence-electron chi connectivity index (χ0n) is 78.9. The van der Waals surface area contributed by atoms with Crippen molar-refractivity contribution in [3.8, 4) is 0 Å². The van der Waals surface area contributed by atoms with Crippen molar-refractivity contribution in [2.45, 2.75) is 305 Å². The number of rotatable bonds is 50. The molecular weight excluding hydrogens is 2020 g/mol. The highest BCUT2D eigenvalue weighted by Gasteiger charge is 2.62. The molecule has 8 heterocycles. The molecule has 0 aromatic heterocycles. The van der Waals surface area contributed by atoms with Gasteiger partial charge in [-0.05, 0) is 90.2 Å². The number of azide groups is 3. The molecule has 8 saturated heterocycles. The number of ether oxygens (including phenoxy) is 20. The van der Waals surface area contributed by atoms with Crippen LogP contribution in [0.1, 0.15) is 91.5 Å². The van der Waals surface area contributed by atoms with Crippen LogP contribution < -0.4 is 0 Å². The average molecular weight is 2140 g/mol. The largest absolute Gasteiger partial charge is 0.397 e. The van der Waals surface area contributed by atoms with Crippen molar-refractivity contribution >= 4 is 41.6 Å². The van der Waals surface area contributed by atoms with Crippen LogP contribution in [0, 0.1) is 35.5 Å². The van der Waals surface area contributed by atoms with Gasteiger partial charge in [0, 0.05) is 33.7 Å². The topological polar surface area (TPSA) is 740 Å². The van der Waals surface area contributed by atoms with E-state index in [4.69, 9.17) is 131 Å². The summed E-state index contributed by atoms with van der Waals surface area (Å²) < 4.78 is 290. The average Bonchev–Trinajstić information content (AvgIpc) is 0.761. The third-order valence-electron chi connectivity index (χ3n) is 26.0. The standard InChI is InChI=1S/C83H117N9O48S4/c1-40-41(2)76(109-11)122-54(36-114-141(97,98)99)61(40)126-81-73(134-138-94)69(111-33-51-26-18-13-19-27-51)66(47(8)119-81)130-78-59(88-91-85)44(5)63(56(124-78)38-116-143(103,104)105)128-83-75(136-140-96)71(113-35-53-30-22-15-23-31-53)68(49(10)121-83)132-79-60(89-92-86)45(6)64(57(125-79)39-117-144(106,107)108)129-82-74(135-139-95)70(112-34-52-28-20-14-21-29-52)67(48(9)120-82)131-77-58(87-90-84)43(4)62(55(123-77)37-115-142(100,101)102)127-80-72(133-137-93)65(42(3)46(7)118-80)110-32-50-24-16-12-17-25-50/h12-31,40-49,54-83,93-96H,32-39H2,1-11H3,(H,97,98,99)(H,100,101,102)(H,103,104,105)(H,106,107,108)/t40-,41?,42-,43-,44-,45-,46?,47?,48?,49?,54?,55?,56?,57?,58?,59?,60?,61+,62-,63-,64+,65-,66-,67-,68-,69-,70-,71-,72?,73?,74?,75?,76+,77+,78-,79-,80+,81+,82+,83+/m1/s1. The van der Waals surface area contributed by atoms with Gasteiger partial charge in [-0.3, -0.25) is 18.2 Å². The SMILES string of the molecule is CO[C@H]1OC(COS(=O)(=O)O)[C@@H](O[C@@H]2OC(C)[C@@H](O[C@H]3OC(COS(=O)(=O)O)[C@H](O[C@@H]4OC(C)[C@@H](O[C@H]5OC(COS(=O)(=O)O)[C@@H](O[C@@H]6OC(C)[C@@H](O[C@@H]7OC(COS(=O)(=O)O)[C@H](O[C@@H]8OC(C)[C@@H](C)[C@@H](OCc9ccccc9)C8OOO)[C@H](C)C7N=[N+]=[N-])[C@@H](OCc7ccccc7)C6OOO)[C@H](C)C5N=[N+]=[N-])[C@@H](OCc5ccccc5)C4OOO)[C@H](C)C3N=[N+]=[N-])[C@@H](OCc3ccccc3)C2OOO)[C@H](C)C1C. The van der Waals surface area contributed by atoms with Crippen molar-refractivity contribution in [3.63, 3.8) is 0 Å². The van der Waals surface area contributed by atoms with E-state index in [0.29, 0.717) is 16.7 Å². The molecule has 12 rings (SSSR count). The van der Waals surface area contributed by atoms with Gasteiger partial charge in [0.1, 0.15) is 61.0 Å². The minimum absolute atomic E-state index is 0.0214. The maximum Gasteiger partial charge on any atom is 0.397 e. The second kappa shape index (κ2) is 53.6. The Morgan fingerprint density at radius 1 is 0.278 bits per heavy atom. The van der Waals surface area contributed by atoms with Crippen LogP contribution in [0.3, 0.4) is 0 Å². The molecule has 8 fully saturated rings. The molecule has 16 unspecified atom stereocenters. The number of methoxy groups -OCH3 is 1. The molecule has 0 amide bonds. The van der Waals surface area contributed by atoms with Crippen LogP contribution in [0.5, 0.6) is 0 Å². The summed E-state index contributed by atoms with van der Waals surface area (Å²) >= 11 is 0. The molecule has 61 heteroatoms. The summed E-state index contributed by atoms with van der Waals surface area (Å²) in [5, 5.41) is 70.4. The summed E-state index contributed by atoms with van der Waals surface area (Å²) in [5.41, 5.74) is 33.6. The fourth-order valence-corrected chi connectivity index (χ4v) is 19.7. The summed E-state index contributed by atoms with van der Waals surface area (Å²) in [4.78, 5) is 31.3. The minimum Gasteiger partial charge on any atom is -0.370 e. The first kappa shape index (κ1) is 116. The van der Waals surface area contributed by atoms with Crippen molar-refractivity contribution in [1.82, 2.24) is 0 Å². The van der Waals surface area contributed by atoms with Crippen LogP contribution in [0.4, 0.5) is 0 Å². The third kappa shape index (κ3) is 30.9. The predicted molar refractivity (Wildman–Crippen MR) is 471 cm³/mol. The second-order valence-corrected chi connectivity index (χ2v) is 39.5. The molecule has 8 aliphatic rings. The summed E-state index contributed by atoms with van der Waals surface area (Å²) in [6.45, 7) is 10.2. The maximum atomic E-state index is 12.8. The van der Waals surface area contributed by atoms with Crippen LogP contribution in [-0.4, -0.2) is 315 Å². The fraction of sp³-hybridized carbons (Fsp3) is 0.711. The zero-order valence-corrected chi connectivity index (χ0v) is 82.1. The lowest BCUT2D eigenvalue weighted by molar-refractivity contribution is -0.537. The van der Waals surface area contributed by atoms with Crippen molar-refractivity contribution in [2.75, 3.05) is 33.5 Å². The molecular formula is C83H117N9O48S4. The van der Waals surface area contributed by atoms with E-state index in [2.05, 4.69) is 50.2 Å². The van der Waals surface area contributed by atoms with Crippen molar-refractivity contribution in [2.24, 2.45) is 50.9 Å². The Labute approximate surface area is 825 Å². The van der Waals surface area contributed by atoms with Gasteiger partial charge in [-0.15, -0.1) is 0 Å². The van der Waals surface area contributed by atoms with Gasteiger partial charge in [-0.25, -0.2) is 37.8 Å². The van der Waals surface area contributed by atoms with Crippen LogP contribution in [-0.2, 0) is 219 Å². The number of hydrogen-bond acceptors (Lipinski definition) is 47. The van der Waals surface area contributed by atoms with E-state index in [1.54, 1.807) is 149 Å². The van der Waals surface area contributed by atoms with Gasteiger partial charge in [0.15, 0.2) is 74.7 Å². The number of nitrogens with zero attached hydrogens (tertiary/aromatic N) is 9. The molecule has 4 aromatic carbocycles. The van der Waals surface area contributed by atoms with Crippen molar-refractivity contribution in [1.29, 1.82) is 0 Å². The Morgan fingerprint density at radius 3 is 0.750 bits per heavy atom. The van der Waals surface area contributed by atoms with Gasteiger partial charge in [-0.1, -0.05) is 198 Å². The Morgan fingerprint density at radius 2 is 0.507 bits per heavy atom. The molecule has 806 valence electrons. The second-order valence-electron chi connectivity index (χ2n) is 35.1. The van der Waals surface area contributed by atoms with Crippen LogP contribution in [0.25, 0.3) is 31.3 Å². The van der Waals surface area contributed by atoms with Gasteiger partial charge >= 0.3 is 41.6 Å². The highest BCUT2D eigenvalue weighted by molar-refractivity contribution is 7.81. The highest BCUT2D eigenvalue weighted by atomic mass is 32.3. The Kier molecular flexibility index (Phi) is 43.1. The van der Waals surface area contributed by atoms with Crippen molar-refractivity contribution < 1.29 is 224 Å². The lowest BCUT2D eigenvalue weighted by Crippen LogP contribution is -2.66. The van der Waals surface area contributed by atoms with Gasteiger partial charge in [0.2, 0.25) is 0 Å². The monoisotopic (exact) mass is 2140 g/mol. The first-order chi connectivity index (χ1) is 68.7. The normalized spacial score (nSPS) is 37.7. The van der Waals surface area contributed by atoms with Crippen LogP contribution in [0.15, 0.2) is 137 Å². The van der Waals surface area contributed by atoms with Crippen molar-refractivity contribution in [3.05, 3.63) is 175 Å². The smallest absolute Gasteiger partial charge is 0.370 e. The third-order valence-corrected chi connectivity index (χ3v) is 27.7. The quantitative estimate of drug-likeness (QED) is 0.00521. The first-order valence-electron chi connectivity index (χ1n) is 45.1. The molecule has 144 heavy (non-hydrogen) atoms. The summed E-state index contributed by atoms with van der Waals surface area (Å²) in [7, 11) is -19.9. The van der Waals surface area contributed by atoms with E-state index in [0.717, 1.165) is 5.56 Å². The molecule has 0 aliphatic carbocycles. The Balaban J connectivity index is 0.829. The minimum atomic E-state index is -5.46. The lowest BCUT2D eigenvalue weighted by atomic mass is 9.84. The molecule has 0 saturated carbocycles. The van der Waals surface area contributed by atoms with Gasteiger partial charge < -0.3 is 94.7 Å². The van der Waals surface area contributed by atoms with Gasteiger partial charge in [0.05, 0.1) is 126 Å². The molecule has 0 spiro atoms. The lowest BCUT2D eigenvalue weighted by Gasteiger charge is -2.52. The highest BCUT2D eigenvalue weighted by Crippen LogP contribution is 2.47. The van der Waals surface area contributed by atoms with E-state index in [1.165, 1.54) is 48.7 Å². The van der Waals surface area contributed by atoms with Gasteiger partial charge in [0.25, 0.3) is 0 Å². The number of hydrogen-bond donors (Lipinski definition) is 8. The van der Waals surface area contributed by atoms with E-state index in [9.17, 15) is 89.5 Å². The molecule has 0 bridgehead atoms. The molecule has 8 aliphatic heterocycles. The maximum absolute atomic E-state index is 12.8. The Hall–Kier alpha value is -6.99. The first-order valence-corrected chi connectivity index (χ1v) is 50.6. The zero-order chi connectivity index (χ0) is 104. The van der Waals surface area contributed by atoms with E-state index < -0.39 is 312 Å². The van der Waals surface area contributed by atoms with Crippen LogP contribution >= 0.6 is 0 Å². The summed E-state index contributed by atoms with van der Waals surface area (Å²) in [6.07, 6.45) is -49.7. The molecule has 8 N–H and O–H groups in total. The molecule has 57 nitrogen and oxygen atoms in total. The molecule has 40 atom stereocenters. The molecule has 4 aromatic rings. The van der Waals surface area contributed by atoms with Crippen LogP contribution in [0.2, 0.25) is 0 Å². The van der Waals surface area contributed by atoms with E-state index in [-0.39, 0.29) is 26.4 Å². The van der Waals surface area contributed by atoms with E-state index in [1.807, 2.05) is 0 Å². The Bertz CT molecular complexity index is 5260. The summed E-state index contributed by atoms with van der Waals surface area (Å²) in [6, 6.07) is 29.2. The fourth-order valence-electron chi connectivity index (χ4n) is 18.5. The molecule has 0 radical (unpaired) electrons. The summed E-state index contributed by atoms with van der Waals surface area (Å²) in [5.74, 6) is -5.50. The predicted octanol–water partition coefficient (Wildman–Crippen LogP) is 7.84.